The Balaban J connectivity index is 1.32. The van der Waals surface area contributed by atoms with Crippen LogP contribution in [0.1, 0.15) is 11.3 Å². The number of ether oxygens (including phenoxy) is 1. The first-order chi connectivity index (χ1) is 13.2. The van der Waals surface area contributed by atoms with Crippen molar-refractivity contribution in [2.45, 2.75) is 13.2 Å². The van der Waals surface area contributed by atoms with E-state index < -0.39 is 6.09 Å². The molecule has 0 spiro atoms. The van der Waals surface area contributed by atoms with Gasteiger partial charge in [0, 0.05) is 30.9 Å². The lowest BCUT2D eigenvalue weighted by Crippen LogP contribution is -2.51. The van der Waals surface area contributed by atoms with Gasteiger partial charge in [-0.15, -0.1) is 0 Å². The van der Waals surface area contributed by atoms with Gasteiger partial charge in [-0.3, -0.25) is 14.7 Å². The number of furan rings is 1. The molecule has 0 aliphatic carbocycles. The minimum absolute atomic E-state index is 0.00933. The van der Waals surface area contributed by atoms with Gasteiger partial charge in [0.15, 0.2) is 0 Å². The molecular weight excluding hydrogens is 346 g/mol. The number of amides is 2. The first-order valence-corrected chi connectivity index (χ1v) is 8.75. The Bertz CT molecular complexity index is 921. The summed E-state index contributed by atoms with van der Waals surface area (Å²) < 4.78 is 11.0. The second-order valence-electron chi connectivity index (χ2n) is 6.40. The maximum absolute atomic E-state index is 12.4. The molecule has 27 heavy (non-hydrogen) atoms. The third kappa shape index (κ3) is 3.92. The normalized spacial score (nSPS) is 14.6. The molecule has 0 saturated carbocycles. The number of piperazine rings is 1. The molecule has 1 fully saturated rings. The fourth-order valence-corrected chi connectivity index (χ4v) is 3.05. The molecule has 0 bridgehead atoms. The summed E-state index contributed by atoms with van der Waals surface area (Å²) in [6.45, 7) is 1.45. The molecule has 7 heteroatoms. The molecule has 0 N–H and O–H groups in total. The smallest absolute Gasteiger partial charge is 0.410 e. The van der Waals surface area contributed by atoms with Crippen LogP contribution in [-0.2, 0) is 22.7 Å². The van der Waals surface area contributed by atoms with Gasteiger partial charge >= 0.3 is 6.09 Å². The summed E-state index contributed by atoms with van der Waals surface area (Å²) in [6.07, 6.45) is 2.92. The first-order valence-electron chi connectivity index (χ1n) is 8.75. The summed E-state index contributed by atoms with van der Waals surface area (Å²) >= 11 is 0. The van der Waals surface area contributed by atoms with Gasteiger partial charge in [0.2, 0.25) is 5.91 Å². The molecular formula is C20H19N3O4. The van der Waals surface area contributed by atoms with Gasteiger partial charge in [0.05, 0.1) is 6.54 Å². The Labute approximate surface area is 156 Å². The van der Waals surface area contributed by atoms with Crippen molar-refractivity contribution >= 4 is 23.0 Å². The van der Waals surface area contributed by atoms with Crippen molar-refractivity contribution in [3.63, 3.8) is 0 Å². The average Bonchev–Trinajstić information content (AvgIpc) is 3.11. The number of carbonyl (C=O) groups is 2. The number of benzene rings is 1. The van der Waals surface area contributed by atoms with Gasteiger partial charge in [-0.2, -0.15) is 0 Å². The Morgan fingerprint density at radius 3 is 2.81 bits per heavy atom. The van der Waals surface area contributed by atoms with Gasteiger partial charge in [-0.1, -0.05) is 30.3 Å². The summed E-state index contributed by atoms with van der Waals surface area (Å²) in [5.74, 6) is 0.572. The SMILES string of the molecule is O=C1CN(C(=O)OCc2ccccc2)CCN1Cc1cc2cnccc2o1. The molecule has 1 saturated heterocycles. The fourth-order valence-electron chi connectivity index (χ4n) is 3.05. The molecule has 7 nitrogen and oxygen atoms in total. The third-order valence-corrected chi connectivity index (χ3v) is 4.50. The highest BCUT2D eigenvalue weighted by Crippen LogP contribution is 2.20. The number of carbonyl (C=O) groups excluding carboxylic acids is 2. The van der Waals surface area contributed by atoms with Crippen LogP contribution in [0.2, 0.25) is 0 Å². The maximum Gasteiger partial charge on any atom is 0.410 e. The van der Waals surface area contributed by atoms with E-state index in [1.165, 1.54) is 4.90 Å². The zero-order chi connectivity index (χ0) is 18.6. The highest BCUT2D eigenvalue weighted by Gasteiger charge is 2.28. The van der Waals surface area contributed by atoms with Crippen LogP contribution in [0.3, 0.4) is 0 Å². The second kappa shape index (κ2) is 7.49. The Kier molecular flexibility index (Phi) is 4.74. The van der Waals surface area contributed by atoms with Crippen molar-refractivity contribution < 1.29 is 18.7 Å². The zero-order valence-corrected chi connectivity index (χ0v) is 14.7. The van der Waals surface area contributed by atoms with Gasteiger partial charge in [-0.25, -0.2) is 4.79 Å². The molecule has 2 amide bonds. The Morgan fingerprint density at radius 2 is 2.04 bits per heavy atom. The van der Waals surface area contributed by atoms with Crippen LogP contribution in [0.25, 0.3) is 11.0 Å². The van der Waals surface area contributed by atoms with E-state index in [2.05, 4.69) is 4.98 Å². The van der Waals surface area contributed by atoms with Crippen LogP contribution in [0.15, 0.2) is 59.3 Å². The molecule has 0 radical (unpaired) electrons. The average molecular weight is 365 g/mol. The second-order valence-corrected chi connectivity index (χ2v) is 6.40. The van der Waals surface area contributed by atoms with Crippen molar-refractivity contribution in [3.05, 3.63) is 66.2 Å². The largest absolute Gasteiger partial charge is 0.459 e. The standard InChI is InChI=1S/C20H19N3O4/c24-19-13-23(20(25)26-14-15-4-2-1-3-5-15)9-8-22(19)12-17-10-16-11-21-7-6-18(16)27-17/h1-7,10-11H,8-9,12-14H2. The summed E-state index contributed by atoms with van der Waals surface area (Å²) in [7, 11) is 0. The number of pyridine rings is 1. The minimum atomic E-state index is -0.471. The Morgan fingerprint density at radius 1 is 1.19 bits per heavy atom. The van der Waals surface area contributed by atoms with Crippen LogP contribution < -0.4 is 0 Å². The highest BCUT2D eigenvalue weighted by molar-refractivity contribution is 5.83. The molecule has 3 heterocycles. The van der Waals surface area contributed by atoms with E-state index in [1.54, 1.807) is 23.4 Å². The minimum Gasteiger partial charge on any atom is -0.459 e. The summed E-state index contributed by atoms with van der Waals surface area (Å²) in [4.78, 5) is 31.8. The van der Waals surface area contributed by atoms with E-state index in [0.29, 0.717) is 25.4 Å². The number of fused-ring (bicyclic) bond motifs is 1. The van der Waals surface area contributed by atoms with Crippen LogP contribution in [0.4, 0.5) is 4.79 Å². The quantitative estimate of drug-likeness (QED) is 0.711. The van der Waals surface area contributed by atoms with Gasteiger partial charge in [0.25, 0.3) is 0 Å². The molecule has 138 valence electrons. The number of rotatable bonds is 4. The molecule has 0 unspecified atom stereocenters. The maximum atomic E-state index is 12.4. The van der Waals surface area contributed by atoms with Crippen molar-refractivity contribution in [2.75, 3.05) is 19.6 Å². The number of hydrogen-bond donors (Lipinski definition) is 0. The molecule has 4 rings (SSSR count). The number of hydrogen-bond acceptors (Lipinski definition) is 5. The monoisotopic (exact) mass is 365 g/mol. The lowest BCUT2D eigenvalue weighted by molar-refractivity contribution is -0.136. The van der Waals surface area contributed by atoms with Crippen LogP contribution in [0.5, 0.6) is 0 Å². The fraction of sp³-hybridized carbons (Fsp3) is 0.250. The summed E-state index contributed by atoms with van der Waals surface area (Å²) in [5, 5.41) is 0.906. The van der Waals surface area contributed by atoms with E-state index in [-0.39, 0.29) is 19.1 Å². The predicted molar refractivity (Wildman–Crippen MR) is 97.6 cm³/mol. The topological polar surface area (TPSA) is 75.9 Å². The summed E-state index contributed by atoms with van der Waals surface area (Å²) in [6, 6.07) is 13.1. The van der Waals surface area contributed by atoms with Gasteiger partial charge in [0.1, 0.15) is 24.5 Å². The lowest BCUT2D eigenvalue weighted by Gasteiger charge is -2.33. The number of aromatic nitrogens is 1. The van der Waals surface area contributed by atoms with Crippen LogP contribution in [-0.4, -0.2) is 46.4 Å². The third-order valence-electron chi connectivity index (χ3n) is 4.50. The molecule has 1 aliphatic heterocycles. The molecule has 2 aromatic heterocycles. The van der Waals surface area contributed by atoms with Crippen LogP contribution >= 0.6 is 0 Å². The van der Waals surface area contributed by atoms with Crippen molar-refractivity contribution in [3.8, 4) is 0 Å². The molecule has 1 aliphatic rings. The predicted octanol–water partition coefficient (Wildman–Crippen LogP) is 2.81. The zero-order valence-electron chi connectivity index (χ0n) is 14.7. The van der Waals surface area contributed by atoms with Crippen LogP contribution in [0, 0.1) is 0 Å². The Hall–Kier alpha value is -3.35. The summed E-state index contributed by atoms with van der Waals surface area (Å²) in [5.41, 5.74) is 1.66. The number of nitrogens with zero attached hydrogens (tertiary/aromatic N) is 3. The van der Waals surface area contributed by atoms with E-state index in [9.17, 15) is 9.59 Å². The van der Waals surface area contributed by atoms with E-state index in [4.69, 9.17) is 9.15 Å². The first kappa shape index (κ1) is 17.1. The van der Waals surface area contributed by atoms with E-state index in [0.717, 1.165) is 16.5 Å². The van der Waals surface area contributed by atoms with Crippen molar-refractivity contribution in [2.24, 2.45) is 0 Å². The highest BCUT2D eigenvalue weighted by atomic mass is 16.6. The molecule has 3 aromatic rings. The van der Waals surface area contributed by atoms with Gasteiger partial charge in [-0.05, 0) is 17.7 Å². The lowest BCUT2D eigenvalue weighted by atomic mass is 10.2. The van der Waals surface area contributed by atoms with Crippen molar-refractivity contribution in [1.29, 1.82) is 0 Å². The van der Waals surface area contributed by atoms with Crippen molar-refractivity contribution in [1.82, 2.24) is 14.8 Å². The van der Waals surface area contributed by atoms with Gasteiger partial charge < -0.3 is 14.1 Å². The van der Waals surface area contributed by atoms with E-state index >= 15 is 0 Å². The molecule has 0 atom stereocenters. The van der Waals surface area contributed by atoms with E-state index in [1.807, 2.05) is 36.4 Å². The molecule has 1 aromatic carbocycles.